The molecule has 33 heavy (non-hydrogen) atoms. The molecule has 2 fully saturated rings. The second-order valence-electron chi connectivity index (χ2n) is 9.53. The highest BCUT2D eigenvalue weighted by Crippen LogP contribution is 2.41. The van der Waals surface area contributed by atoms with Crippen LogP contribution in [0.25, 0.3) is 0 Å². The molecule has 1 aromatic rings. The molecule has 0 aromatic heterocycles. The number of rotatable bonds is 5. The van der Waals surface area contributed by atoms with Gasteiger partial charge in [-0.15, -0.1) is 0 Å². The number of allylic oxidation sites excluding steroid dienone is 2. The van der Waals surface area contributed by atoms with Crippen LogP contribution >= 0.6 is 0 Å². The van der Waals surface area contributed by atoms with Crippen LogP contribution < -0.4 is 0 Å². The van der Waals surface area contributed by atoms with Crippen molar-refractivity contribution in [2.45, 2.75) is 75.7 Å². The van der Waals surface area contributed by atoms with E-state index in [9.17, 15) is 23.1 Å². The Bertz CT molecular complexity index is 980. The summed E-state index contributed by atoms with van der Waals surface area (Å²) in [6.45, 7) is 0.714. The molecule has 1 amide bonds. The third kappa shape index (κ3) is 4.84. The summed E-state index contributed by atoms with van der Waals surface area (Å²) in [7, 11) is 0. The van der Waals surface area contributed by atoms with E-state index in [0.29, 0.717) is 30.0 Å². The predicted molar refractivity (Wildman–Crippen MR) is 117 cm³/mol. The molecule has 0 bridgehead atoms. The second-order valence-corrected chi connectivity index (χ2v) is 9.53. The lowest BCUT2D eigenvalue weighted by Gasteiger charge is -2.39. The van der Waals surface area contributed by atoms with E-state index >= 15 is 0 Å². The molecule has 0 radical (unpaired) electrons. The van der Waals surface area contributed by atoms with Gasteiger partial charge in [-0.2, -0.15) is 18.4 Å². The van der Waals surface area contributed by atoms with Gasteiger partial charge in [0.1, 0.15) is 11.8 Å². The summed E-state index contributed by atoms with van der Waals surface area (Å²) in [5.41, 5.74) is -2.44. The van der Waals surface area contributed by atoms with E-state index in [1.807, 2.05) is 17.2 Å². The zero-order chi connectivity index (χ0) is 23.8. The third-order valence-corrected chi connectivity index (χ3v) is 7.26. The monoisotopic (exact) mass is 459 g/mol. The Balaban J connectivity index is 1.43. The number of carbonyl (C=O) groups excluding carboxylic acids is 1. The molecule has 2 atom stereocenters. The number of alkyl halides is 3. The van der Waals surface area contributed by atoms with Gasteiger partial charge in [0.25, 0.3) is 5.91 Å². The van der Waals surface area contributed by atoms with Gasteiger partial charge < -0.3 is 10.0 Å². The molecular weight excluding hydrogens is 431 g/mol. The van der Waals surface area contributed by atoms with Crippen molar-refractivity contribution in [1.29, 1.82) is 5.26 Å². The van der Waals surface area contributed by atoms with Crippen molar-refractivity contribution in [3.05, 3.63) is 47.2 Å². The zero-order valence-electron chi connectivity index (χ0n) is 18.6. The molecule has 1 aromatic carbocycles. The first kappa shape index (κ1) is 23.5. The summed E-state index contributed by atoms with van der Waals surface area (Å²) in [4.78, 5) is 19.4. The molecule has 5 nitrogen and oxygen atoms in total. The van der Waals surface area contributed by atoms with Gasteiger partial charge >= 0.3 is 6.18 Å². The van der Waals surface area contributed by atoms with Gasteiger partial charge in [0.2, 0.25) is 0 Å². The fourth-order valence-electron chi connectivity index (χ4n) is 5.02. The standard InChI is InChI=1S/C25H28F3N3O2/c1-24(33,25(26,27)28)19-6-2-17(3-7-19)23(32)31(22-10-11-22)21-8-4-16(5-9-21)18-12-13-30-20(14-18)15-29/h2-3,6-7,13-14,16,18,21-22,33H,4-5,8-12H2,1H3/t16?,18?,21?,24-/m0/s1. The lowest BCUT2D eigenvalue weighted by Crippen LogP contribution is -2.44. The van der Waals surface area contributed by atoms with Crippen LogP contribution in [0.15, 0.2) is 41.0 Å². The first-order chi connectivity index (χ1) is 15.6. The Morgan fingerprint density at radius 3 is 2.18 bits per heavy atom. The van der Waals surface area contributed by atoms with E-state index in [0.717, 1.165) is 44.9 Å². The van der Waals surface area contributed by atoms with Gasteiger partial charge in [-0.25, -0.2) is 0 Å². The Labute approximate surface area is 191 Å². The first-order valence-electron chi connectivity index (χ1n) is 11.5. The van der Waals surface area contributed by atoms with Gasteiger partial charge in [0.05, 0.1) is 0 Å². The molecule has 2 saturated carbocycles. The Morgan fingerprint density at radius 2 is 1.67 bits per heavy atom. The number of aliphatic imine (C=N–C) groups is 1. The van der Waals surface area contributed by atoms with Crippen LogP contribution in [-0.4, -0.2) is 40.4 Å². The number of aliphatic hydroxyl groups is 1. The maximum absolute atomic E-state index is 13.3. The molecule has 4 rings (SSSR count). The van der Waals surface area contributed by atoms with E-state index in [1.165, 1.54) is 24.3 Å². The quantitative estimate of drug-likeness (QED) is 0.664. The molecular formula is C25H28F3N3O2. The summed E-state index contributed by atoms with van der Waals surface area (Å²) in [6.07, 6.45) is 5.37. The Morgan fingerprint density at radius 1 is 1.09 bits per heavy atom. The number of carbonyl (C=O) groups is 1. The summed E-state index contributed by atoms with van der Waals surface area (Å²) in [5.74, 6) is 0.601. The summed E-state index contributed by atoms with van der Waals surface area (Å²) in [6, 6.07) is 7.54. The fraction of sp³-hybridized carbons (Fsp3) is 0.560. The van der Waals surface area contributed by atoms with E-state index in [-0.39, 0.29) is 23.6 Å². The van der Waals surface area contributed by atoms with Crippen molar-refractivity contribution >= 4 is 12.1 Å². The highest BCUT2D eigenvalue weighted by Gasteiger charge is 2.51. The number of amides is 1. The SMILES string of the molecule is C[C@](O)(c1ccc(C(=O)N(C2CCC(C3C=C(C#N)N=CC3)CC2)C2CC2)cc1)C(F)(F)F. The van der Waals surface area contributed by atoms with Gasteiger partial charge in [-0.1, -0.05) is 12.1 Å². The number of benzene rings is 1. The minimum atomic E-state index is -4.80. The van der Waals surface area contributed by atoms with Crippen LogP contribution in [0.5, 0.6) is 0 Å². The Hall–Kier alpha value is -2.66. The Kier molecular flexibility index (Phi) is 6.37. The molecule has 176 valence electrons. The van der Waals surface area contributed by atoms with Crippen molar-refractivity contribution in [1.82, 2.24) is 4.90 Å². The van der Waals surface area contributed by atoms with Crippen LogP contribution in [0.4, 0.5) is 13.2 Å². The normalized spacial score (nSPS) is 27.3. The number of nitrogens with zero attached hydrogens (tertiary/aromatic N) is 3. The van der Waals surface area contributed by atoms with Gasteiger partial charge in [0, 0.05) is 23.9 Å². The minimum Gasteiger partial charge on any atom is -0.376 e. The number of hydrogen-bond donors (Lipinski definition) is 1. The van der Waals surface area contributed by atoms with Crippen LogP contribution in [0.2, 0.25) is 0 Å². The number of hydrogen-bond acceptors (Lipinski definition) is 4. The van der Waals surface area contributed by atoms with Crippen LogP contribution in [0.3, 0.4) is 0 Å². The minimum absolute atomic E-state index is 0.107. The number of nitriles is 1. The van der Waals surface area contributed by atoms with Gasteiger partial charge in [0.15, 0.2) is 5.60 Å². The lowest BCUT2D eigenvalue weighted by atomic mass is 9.76. The highest BCUT2D eigenvalue weighted by molar-refractivity contribution is 5.95. The predicted octanol–water partition coefficient (Wildman–Crippen LogP) is 5.12. The summed E-state index contributed by atoms with van der Waals surface area (Å²) >= 11 is 0. The summed E-state index contributed by atoms with van der Waals surface area (Å²) in [5, 5.41) is 19.0. The molecule has 1 aliphatic heterocycles. The number of halogens is 3. The largest absolute Gasteiger partial charge is 0.421 e. The molecule has 3 aliphatic rings. The fourth-order valence-corrected chi connectivity index (χ4v) is 5.02. The maximum Gasteiger partial charge on any atom is 0.421 e. The van der Waals surface area contributed by atoms with Gasteiger partial charge in [-0.05, 0) is 87.5 Å². The van der Waals surface area contributed by atoms with Crippen molar-refractivity contribution in [2.24, 2.45) is 16.8 Å². The van der Waals surface area contributed by atoms with Gasteiger partial charge in [-0.3, -0.25) is 9.79 Å². The van der Waals surface area contributed by atoms with Crippen LogP contribution in [0.1, 0.15) is 67.8 Å². The molecule has 1 N–H and O–H groups in total. The summed E-state index contributed by atoms with van der Waals surface area (Å²) < 4.78 is 39.4. The van der Waals surface area contributed by atoms with Crippen LogP contribution in [-0.2, 0) is 5.60 Å². The highest BCUT2D eigenvalue weighted by atomic mass is 19.4. The van der Waals surface area contributed by atoms with Crippen molar-refractivity contribution in [2.75, 3.05) is 0 Å². The third-order valence-electron chi connectivity index (χ3n) is 7.26. The first-order valence-corrected chi connectivity index (χ1v) is 11.5. The van der Waals surface area contributed by atoms with E-state index in [1.54, 1.807) is 0 Å². The molecule has 0 spiro atoms. The average molecular weight is 460 g/mol. The van der Waals surface area contributed by atoms with Crippen molar-refractivity contribution < 1.29 is 23.1 Å². The maximum atomic E-state index is 13.3. The van der Waals surface area contributed by atoms with E-state index < -0.39 is 11.8 Å². The molecule has 8 heteroatoms. The molecule has 0 saturated heterocycles. The van der Waals surface area contributed by atoms with Crippen molar-refractivity contribution in [3.8, 4) is 6.07 Å². The topological polar surface area (TPSA) is 76.7 Å². The van der Waals surface area contributed by atoms with Crippen molar-refractivity contribution in [3.63, 3.8) is 0 Å². The smallest absolute Gasteiger partial charge is 0.376 e. The average Bonchev–Trinajstić information content (AvgIpc) is 3.64. The van der Waals surface area contributed by atoms with Crippen LogP contribution in [0, 0.1) is 23.2 Å². The lowest BCUT2D eigenvalue weighted by molar-refractivity contribution is -0.258. The molecule has 1 unspecified atom stereocenters. The molecule has 2 aliphatic carbocycles. The van der Waals surface area contributed by atoms with E-state index in [2.05, 4.69) is 11.1 Å². The molecule has 1 heterocycles. The second kappa shape index (κ2) is 8.94. The zero-order valence-corrected chi connectivity index (χ0v) is 18.6. The van der Waals surface area contributed by atoms with E-state index in [4.69, 9.17) is 5.26 Å².